The average Bonchev–Trinajstić information content (AvgIpc) is 3.11. The number of anilines is 1. The Balaban J connectivity index is 1.86. The Hall–Kier alpha value is -2.10. The second-order valence-electron chi connectivity index (χ2n) is 5.23. The van der Waals surface area contributed by atoms with E-state index >= 15 is 0 Å². The summed E-state index contributed by atoms with van der Waals surface area (Å²) in [7, 11) is 0. The number of pyridine rings is 1. The summed E-state index contributed by atoms with van der Waals surface area (Å²) in [5, 5.41) is 13.1. The highest BCUT2D eigenvalue weighted by molar-refractivity contribution is 6.02. The lowest BCUT2D eigenvalue weighted by atomic mass is 10.1. The van der Waals surface area contributed by atoms with Crippen LogP contribution in [0.5, 0.6) is 0 Å². The molecule has 1 heterocycles. The molecule has 2 N–H and O–H groups in total. The zero-order valence-electron chi connectivity index (χ0n) is 10.8. The number of aromatic carboxylic acids is 1. The van der Waals surface area contributed by atoms with Crippen molar-refractivity contribution < 1.29 is 9.90 Å². The first-order valence-corrected chi connectivity index (χ1v) is 6.52. The fourth-order valence-corrected chi connectivity index (χ4v) is 2.36. The molecule has 4 heteroatoms. The lowest BCUT2D eigenvalue weighted by molar-refractivity contribution is 0.0699. The third-order valence-electron chi connectivity index (χ3n) is 3.78. The zero-order chi connectivity index (χ0) is 13.4. The number of hydrogen-bond acceptors (Lipinski definition) is 3. The minimum atomic E-state index is -0.917. The van der Waals surface area contributed by atoms with Gasteiger partial charge in [-0.15, -0.1) is 0 Å². The fraction of sp³-hybridized carbons (Fsp3) is 0.333. The molecule has 2 atom stereocenters. The highest BCUT2D eigenvalue weighted by Crippen LogP contribution is 2.37. The molecule has 0 bridgehead atoms. The molecule has 1 fully saturated rings. The van der Waals surface area contributed by atoms with Gasteiger partial charge in [-0.2, -0.15) is 0 Å². The van der Waals surface area contributed by atoms with E-state index in [2.05, 4.69) is 17.2 Å². The molecule has 1 saturated carbocycles. The van der Waals surface area contributed by atoms with E-state index in [0.717, 1.165) is 24.2 Å². The Morgan fingerprint density at radius 3 is 2.89 bits per heavy atom. The van der Waals surface area contributed by atoms with Crippen LogP contribution in [0.4, 0.5) is 5.82 Å². The van der Waals surface area contributed by atoms with Crippen LogP contribution in [-0.2, 0) is 0 Å². The minimum Gasteiger partial charge on any atom is -0.478 e. The molecule has 1 aromatic carbocycles. The maximum absolute atomic E-state index is 11.1. The van der Waals surface area contributed by atoms with Gasteiger partial charge in [0.25, 0.3) is 0 Å². The number of nitrogens with one attached hydrogen (secondary N) is 1. The Morgan fingerprint density at radius 1 is 1.42 bits per heavy atom. The van der Waals surface area contributed by atoms with Gasteiger partial charge < -0.3 is 10.4 Å². The van der Waals surface area contributed by atoms with Gasteiger partial charge in [0.15, 0.2) is 0 Å². The Labute approximate surface area is 111 Å². The van der Waals surface area contributed by atoms with E-state index < -0.39 is 5.97 Å². The summed E-state index contributed by atoms with van der Waals surface area (Å²) in [5.74, 6) is 1.46. The van der Waals surface area contributed by atoms with Crippen LogP contribution in [0.1, 0.15) is 23.7 Å². The average molecular weight is 256 g/mol. The fourth-order valence-electron chi connectivity index (χ4n) is 2.36. The van der Waals surface area contributed by atoms with Crippen molar-refractivity contribution in [1.82, 2.24) is 4.98 Å². The predicted molar refractivity (Wildman–Crippen MR) is 74.5 cm³/mol. The first-order chi connectivity index (χ1) is 9.15. The third kappa shape index (κ3) is 2.38. The number of hydrogen-bond donors (Lipinski definition) is 2. The molecule has 2 unspecified atom stereocenters. The summed E-state index contributed by atoms with van der Waals surface area (Å²) in [6, 6.07) is 8.84. The van der Waals surface area contributed by atoms with Crippen molar-refractivity contribution in [2.45, 2.75) is 13.3 Å². The lowest BCUT2D eigenvalue weighted by Crippen LogP contribution is -2.06. The van der Waals surface area contributed by atoms with Crippen LogP contribution in [0.3, 0.4) is 0 Å². The van der Waals surface area contributed by atoms with Crippen LogP contribution in [0.25, 0.3) is 10.9 Å². The van der Waals surface area contributed by atoms with Gasteiger partial charge in [0.2, 0.25) is 0 Å². The van der Waals surface area contributed by atoms with E-state index in [-0.39, 0.29) is 0 Å². The van der Waals surface area contributed by atoms with E-state index in [1.807, 2.05) is 18.2 Å². The van der Waals surface area contributed by atoms with E-state index in [1.54, 1.807) is 12.1 Å². The highest BCUT2D eigenvalue weighted by Gasteiger charge is 2.31. The van der Waals surface area contributed by atoms with Crippen molar-refractivity contribution in [3.8, 4) is 0 Å². The summed E-state index contributed by atoms with van der Waals surface area (Å²) in [5.41, 5.74) is 1.01. The zero-order valence-corrected chi connectivity index (χ0v) is 10.8. The Kier molecular flexibility index (Phi) is 2.85. The smallest absolute Gasteiger partial charge is 0.336 e. The minimum absolute atomic E-state index is 0.298. The second kappa shape index (κ2) is 4.53. The van der Waals surface area contributed by atoms with E-state index in [0.29, 0.717) is 16.5 Å². The standard InChI is InChI=1S/C15H16N2O2/c1-9-7-10(9)8-16-14-6-5-11-12(15(18)19)3-2-4-13(11)17-14/h2-6,9-10H,7-8H2,1H3,(H,16,17)(H,18,19). The number of nitrogens with zero attached hydrogens (tertiary/aromatic N) is 1. The molecule has 19 heavy (non-hydrogen) atoms. The van der Waals surface area contributed by atoms with Crippen LogP contribution in [0.15, 0.2) is 30.3 Å². The van der Waals surface area contributed by atoms with Crippen molar-refractivity contribution in [2.24, 2.45) is 11.8 Å². The SMILES string of the molecule is CC1CC1CNc1ccc2c(C(=O)O)cccc2n1. The second-order valence-corrected chi connectivity index (χ2v) is 5.23. The first-order valence-electron chi connectivity index (χ1n) is 6.52. The van der Waals surface area contributed by atoms with Gasteiger partial charge in [0.05, 0.1) is 11.1 Å². The number of carboxylic acids is 1. The molecule has 1 aliphatic rings. The molecular formula is C15H16N2O2. The number of aromatic nitrogens is 1. The number of carbonyl (C=O) groups is 1. The maximum atomic E-state index is 11.1. The van der Waals surface area contributed by atoms with Gasteiger partial charge in [-0.05, 0) is 42.5 Å². The number of fused-ring (bicyclic) bond motifs is 1. The van der Waals surface area contributed by atoms with Crippen molar-refractivity contribution in [1.29, 1.82) is 0 Å². The summed E-state index contributed by atoms with van der Waals surface area (Å²) in [6.07, 6.45) is 1.28. The molecule has 0 saturated heterocycles. The van der Waals surface area contributed by atoms with Crippen LogP contribution in [0.2, 0.25) is 0 Å². The van der Waals surface area contributed by atoms with Gasteiger partial charge in [0, 0.05) is 11.9 Å². The molecular weight excluding hydrogens is 240 g/mol. The number of benzene rings is 1. The molecule has 0 aliphatic heterocycles. The Bertz CT molecular complexity index is 639. The topological polar surface area (TPSA) is 62.2 Å². The van der Waals surface area contributed by atoms with E-state index in [4.69, 9.17) is 5.11 Å². The lowest BCUT2D eigenvalue weighted by Gasteiger charge is -2.07. The van der Waals surface area contributed by atoms with Gasteiger partial charge in [0.1, 0.15) is 5.82 Å². The molecule has 1 aliphatic carbocycles. The molecule has 0 amide bonds. The Morgan fingerprint density at radius 2 is 2.21 bits per heavy atom. The monoisotopic (exact) mass is 256 g/mol. The normalized spacial score (nSPS) is 21.3. The molecule has 0 spiro atoms. The van der Waals surface area contributed by atoms with Crippen molar-refractivity contribution in [2.75, 3.05) is 11.9 Å². The maximum Gasteiger partial charge on any atom is 0.336 e. The summed E-state index contributed by atoms with van der Waals surface area (Å²) >= 11 is 0. The number of rotatable bonds is 4. The molecule has 98 valence electrons. The number of carboxylic acid groups (broad SMARTS) is 1. The molecule has 0 radical (unpaired) electrons. The molecule has 2 aromatic rings. The highest BCUT2D eigenvalue weighted by atomic mass is 16.4. The third-order valence-corrected chi connectivity index (χ3v) is 3.78. The van der Waals surface area contributed by atoms with Gasteiger partial charge in [-0.3, -0.25) is 0 Å². The van der Waals surface area contributed by atoms with Gasteiger partial charge in [-0.25, -0.2) is 9.78 Å². The van der Waals surface area contributed by atoms with Crippen molar-refractivity contribution in [3.05, 3.63) is 35.9 Å². The van der Waals surface area contributed by atoms with E-state index in [9.17, 15) is 4.79 Å². The van der Waals surface area contributed by atoms with Crippen LogP contribution in [0, 0.1) is 11.8 Å². The largest absolute Gasteiger partial charge is 0.478 e. The molecule has 4 nitrogen and oxygen atoms in total. The van der Waals surface area contributed by atoms with Crippen LogP contribution in [-0.4, -0.2) is 22.6 Å². The molecule has 3 rings (SSSR count). The van der Waals surface area contributed by atoms with Crippen LogP contribution < -0.4 is 5.32 Å². The van der Waals surface area contributed by atoms with Crippen LogP contribution >= 0.6 is 0 Å². The first kappa shape index (κ1) is 12.0. The van der Waals surface area contributed by atoms with E-state index in [1.165, 1.54) is 6.42 Å². The van der Waals surface area contributed by atoms with Gasteiger partial charge in [-0.1, -0.05) is 13.0 Å². The summed E-state index contributed by atoms with van der Waals surface area (Å²) < 4.78 is 0. The van der Waals surface area contributed by atoms with Crippen molar-refractivity contribution in [3.63, 3.8) is 0 Å². The predicted octanol–water partition coefficient (Wildman–Crippen LogP) is 3.00. The van der Waals surface area contributed by atoms with Gasteiger partial charge >= 0.3 is 5.97 Å². The van der Waals surface area contributed by atoms with Crippen molar-refractivity contribution >= 4 is 22.7 Å². The summed E-state index contributed by atoms with van der Waals surface area (Å²) in [4.78, 5) is 15.6. The quantitative estimate of drug-likeness (QED) is 0.882. The molecule has 1 aromatic heterocycles. The summed E-state index contributed by atoms with van der Waals surface area (Å²) in [6.45, 7) is 3.19.